The molecular weight excluding hydrogens is 380 g/mol. The van der Waals surface area contributed by atoms with Crippen molar-refractivity contribution < 1.29 is 0 Å². The molecule has 5 nitrogen and oxygen atoms in total. The van der Waals surface area contributed by atoms with Crippen molar-refractivity contribution in [2.75, 3.05) is 5.32 Å². The van der Waals surface area contributed by atoms with E-state index in [1.54, 1.807) is 6.07 Å². The van der Waals surface area contributed by atoms with Crippen LogP contribution < -0.4 is 10.9 Å². The number of halogens is 1. The maximum Gasteiger partial charge on any atom is 0.275 e. The highest BCUT2D eigenvalue weighted by atomic mass is 35.5. The fourth-order valence-corrected chi connectivity index (χ4v) is 4.36. The van der Waals surface area contributed by atoms with E-state index in [0.717, 1.165) is 39.9 Å². The number of hydrogen-bond donors (Lipinski definition) is 1. The van der Waals surface area contributed by atoms with E-state index in [0.29, 0.717) is 10.1 Å². The van der Waals surface area contributed by atoms with Crippen LogP contribution in [0.2, 0.25) is 5.02 Å². The molecular formula is C20H19ClN4OS. The van der Waals surface area contributed by atoms with E-state index in [2.05, 4.69) is 35.3 Å². The molecule has 0 saturated carbocycles. The normalized spacial score (nSPS) is 12.6. The van der Waals surface area contributed by atoms with Crippen LogP contribution in [0.3, 0.4) is 0 Å². The van der Waals surface area contributed by atoms with Crippen molar-refractivity contribution in [2.45, 2.75) is 32.7 Å². The summed E-state index contributed by atoms with van der Waals surface area (Å²) in [6, 6.07) is 13.6. The summed E-state index contributed by atoms with van der Waals surface area (Å²) in [6.45, 7) is 4.14. The lowest BCUT2D eigenvalue weighted by molar-refractivity contribution is 0.828. The van der Waals surface area contributed by atoms with Gasteiger partial charge in [-0.2, -0.15) is 4.52 Å². The summed E-state index contributed by atoms with van der Waals surface area (Å²) in [5.74, 6) is 0. The van der Waals surface area contributed by atoms with E-state index >= 15 is 0 Å². The summed E-state index contributed by atoms with van der Waals surface area (Å²) in [4.78, 5) is 17.4. The number of rotatable bonds is 5. The zero-order chi connectivity index (χ0) is 19.0. The van der Waals surface area contributed by atoms with Crippen molar-refractivity contribution in [2.24, 2.45) is 0 Å². The van der Waals surface area contributed by atoms with E-state index in [1.165, 1.54) is 15.9 Å². The van der Waals surface area contributed by atoms with Crippen molar-refractivity contribution >= 4 is 43.8 Å². The number of nitrogens with zero attached hydrogens (tertiary/aromatic N) is 3. The van der Waals surface area contributed by atoms with Gasteiger partial charge in [-0.3, -0.25) is 4.79 Å². The SMILES string of the molecule is CCCc1cc(=O)n2nc(NC(C)c3ccc(Cl)c4ccccc34)sc2n1. The predicted molar refractivity (Wildman–Crippen MR) is 112 cm³/mol. The summed E-state index contributed by atoms with van der Waals surface area (Å²) >= 11 is 7.71. The third-order valence-corrected chi connectivity index (χ3v) is 5.68. The first kappa shape index (κ1) is 17.9. The fourth-order valence-electron chi connectivity index (χ4n) is 3.22. The van der Waals surface area contributed by atoms with Crippen molar-refractivity contribution in [3.05, 3.63) is 69.1 Å². The zero-order valence-electron chi connectivity index (χ0n) is 15.1. The Hall–Kier alpha value is -2.44. The van der Waals surface area contributed by atoms with Gasteiger partial charge in [0.05, 0.1) is 6.04 Å². The molecule has 138 valence electrons. The summed E-state index contributed by atoms with van der Waals surface area (Å²) in [7, 11) is 0. The zero-order valence-corrected chi connectivity index (χ0v) is 16.6. The first-order valence-corrected chi connectivity index (χ1v) is 10.1. The number of benzene rings is 2. The quantitative estimate of drug-likeness (QED) is 0.509. The van der Waals surface area contributed by atoms with Crippen LogP contribution in [0.25, 0.3) is 15.7 Å². The molecule has 0 aliphatic rings. The van der Waals surface area contributed by atoms with Crippen LogP contribution in [0.1, 0.15) is 37.6 Å². The van der Waals surface area contributed by atoms with Crippen molar-refractivity contribution in [1.82, 2.24) is 14.6 Å². The number of anilines is 1. The summed E-state index contributed by atoms with van der Waals surface area (Å²) in [6.07, 6.45) is 1.74. The van der Waals surface area contributed by atoms with Crippen LogP contribution in [-0.4, -0.2) is 14.6 Å². The lowest BCUT2D eigenvalue weighted by Gasteiger charge is -2.16. The largest absolute Gasteiger partial charge is 0.354 e. The van der Waals surface area contributed by atoms with Crippen LogP contribution in [0.15, 0.2) is 47.3 Å². The molecule has 4 aromatic rings. The second-order valence-corrected chi connectivity index (χ2v) is 7.85. The van der Waals surface area contributed by atoms with Crippen LogP contribution in [0.5, 0.6) is 0 Å². The average Bonchev–Trinajstić information content (AvgIpc) is 3.05. The molecule has 7 heteroatoms. The van der Waals surface area contributed by atoms with Gasteiger partial charge < -0.3 is 5.32 Å². The Labute approximate surface area is 165 Å². The Morgan fingerprint density at radius 2 is 2.00 bits per heavy atom. The standard InChI is InChI=1S/C20H19ClN4OS/c1-3-6-13-11-18(26)25-20(23-13)27-19(24-25)22-12(2)14-9-10-17(21)16-8-5-4-7-15(14)16/h4-5,7-12H,3,6H2,1-2H3,(H,22,24). The van der Waals surface area contributed by atoms with Crippen LogP contribution in [-0.2, 0) is 6.42 Å². The molecule has 1 N–H and O–H groups in total. The highest BCUT2D eigenvalue weighted by Crippen LogP contribution is 2.32. The summed E-state index contributed by atoms with van der Waals surface area (Å²) in [5.41, 5.74) is 1.80. The maximum atomic E-state index is 12.3. The van der Waals surface area contributed by atoms with Gasteiger partial charge in [0, 0.05) is 22.2 Å². The third kappa shape index (κ3) is 3.42. The minimum Gasteiger partial charge on any atom is -0.354 e. The van der Waals surface area contributed by atoms with Crippen LogP contribution in [0.4, 0.5) is 5.13 Å². The Morgan fingerprint density at radius 3 is 2.78 bits per heavy atom. The monoisotopic (exact) mass is 398 g/mol. The van der Waals surface area contributed by atoms with E-state index in [-0.39, 0.29) is 11.6 Å². The minimum absolute atomic E-state index is 0.00135. The predicted octanol–water partition coefficient (Wildman–Crippen LogP) is 5.08. The molecule has 0 fully saturated rings. The topological polar surface area (TPSA) is 59.3 Å². The van der Waals surface area contributed by atoms with E-state index in [9.17, 15) is 4.79 Å². The molecule has 0 saturated heterocycles. The Morgan fingerprint density at radius 1 is 1.22 bits per heavy atom. The number of hydrogen-bond acceptors (Lipinski definition) is 5. The van der Waals surface area contributed by atoms with Gasteiger partial charge in [0.15, 0.2) is 0 Å². The maximum absolute atomic E-state index is 12.3. The number of aromatic nitrogens is 3. The molecule has 2 aromatic carbocycles. The first-order chi connectivity index (χ1) is 13.1. The average molecular weight is 399 g/mol. The van der Waals surface area contributed by atoms with Gasteiger partial charge >= 0.3 is 0 Å². The summed E-state index contributed by atoms with van der Waals surface area (Å²) < 4.78 is 1.36. The third-order valence-electron chi connectivity index (χ3n) is 4.52. The van der Waals surface area contributed by atoms with Crippen LogP contribution in [0, 0.1) is 0 Å². The minimum atomic E-state index is -0.141. The number of fused-ring (bicyclic) bond motifs is 2. The molecule has 27 heavy (non-hydrogen) atoms. The Kier molecular flexibility index (Phi) is 4.85. The van der Waals surface area contributed by atoms with Gasteiger partial charge in [0.2, 0.25) is 10.1 Å². The van der Waals surface area contributed by atoms with Crippen molar-refractivity contribution in [3.8, 4) is 0 Å². The van der Waals surface area contributed by atoms with Crippen LogP contribution >= 0.6 is 22.9 Å². The molecule has 2 heterocycles. The number of aryl methyl sites for hydroxylation is 1. The molecule has 2 aromatic heterocycles. The molecule has 1 atom stereocenters. The molecule has 0 radical (unpaired) electrons. The molecule has 4 rings (SSSR count). The summed E-state index contributed by atoms with van der Waals surface area (Å²) in [5, 5.41) is 11.3. The highest BCUT2D eigenvalue weighted by molar-refractivity contribution is 7.20. The van der Waals surface area contributed by atoms with Crippen molar-refractivity contribution in [1.29, 1.82) is 0 Å². The van der Waals surface area contributed by atoms with Gasteiger partial charge in [0.25, 0.3) is 5.56 Å². The highest BCUT2D eigenvalue weighted by Gasteiger charge is 2.14. The smallest absolute Gasteiger partial charge is 0.275 e. The molecule has 0 aliphatic heterocycles. The van der Waals surface area contributed by atoms with E-state index in [1.807, 2.05) is 30.3 Å². The van der Waals surface area contributed by atoms with Gasteiger partial charge in [-0.15, -0.1) is 5.10 Å². The lowest BCUT2D eigenvalue weighted by atomic mass is 10.00. The molecule has 0 bridgehead atoms. The van der Waals surface area contributed by atoms with Gasteiger partial charge in [-0.25, -0.2) is 4.98 Å². The molecule has 0 amide bonds. The van der Waals surface area contributed by atoms with E-state index < -0.39 is 0 Å². The second-order valence-electron chi connectivity index (χ2n) is 6.49. The Bertz CT molecular complexity index is 1180. The van der Waals surface area contributed by atoms with Crippen molar-refractivity contribution in [3.63, 3.8) is 0 Å². The molecule has 0 spiro atoms. The molecule has 1 unspecified atom stereocenters. The van der Waals surface area contributed by atoms with Gasteiger partial charge in [-0.05, 0) is 30.4 Å². The second kappa shape index (κ2) is 7.29. The lowest BCUT2D eigenvalue weighted by Crippen LogP contribution is -2.15. The van der Waals surface area contributed by atoms with Gasteiger partial charge in [-0.1, -0.05) is 66.6 Å². The van der Waals surface area contributed by atoms with E-state index in [4.69, 9.17) is 11.6 Å². The fraction of sp³-hybridized carbons (Fsp3) is 0.250. The van der Waals surface area contributed by atoms with Gasteiger partial charge in [0.1, 0.15) is 0 Å². The number of nitrogens with one attached hydrogen (secondary N) is 1. The molecule has 0 aliphatic carbocycles. The Balaban J connectivity index is 1.69. The first-order valence-electron chi connectivity index (χ1n) is 8.90.